The molecule has 0 aliphatic carbocycles. The zero-order valence-electron chi connectivity index (χ0n) is 11.6. The Labute approximate surface area is 114 Å². The molecule has 1 N–H and O–H groups in total. The molecule has 5 heteroatoms. The van der Waals surface area contributed by atoms with Crippen LogP contribution < -0.4 is 5.32 Å². The Morgan fingerprint density at radius 1 is 1.53 bits per heavy atom. The van der Waals surface area contributed by atoms with Crippen LogP contribution in [-0.2, 0) is 4.74 Å². The molecule has 0 radical (unpaired) electrons. The van der Waals surface area contributed by atoms with E-state index in [4.69, 9.17) is 4.74 Å². The van der Waals surface area contributed by atoms with E-state index in [0.717, 1.165) is 32.5 Å². The second-order valence-corrected chi connectivity index (χ2v) is 4.66. The van der Waals surface area contributed by atoms with E-state index in [-0.39, 0.29) is 12.0 Å². The minimum Gasteiger partial charge on any atom is -0.381 e. The number of nitrogens with one attached hydrogen (secondary N) is 1. The normalized spacial score (nSPS) is 16.4. The van der Waals surface area contributed by atoms with Crippen molar-refractivity contribution >= 4 is 11.7 Å². The molecule has 0 bridgehead atoms. The summed E-state index contributed by atoms with van der Waals surface area (Å²) >= 11 is 0. The number of methoxy groups -OCH3 is 1. The highest BCUT2D eigenvalue weighted by Crippen LogP contribution is 2.19. The second kappa shape index (κ2) is 6.52. The third-order valence-electron chi connectivity index (χ3n) is 3.44. The number of carbonyl (C=O) groups excluding carboxylic acids is 1. The van der Waals surface area contributed by atoms with Gasteiger partial charge >= 0.3 is 0 Å². The Hall–Kier alpha value is -1.62. The SMILES string of the molecule is CCNc1ncccc1C(=O)N1CCC(OC)CC1. The van der Waals surface area contributed by atoms with Crippen LogP contribution in [0.1, 0.15) is 30.1 Å². The third kappa shape index (κ3) is 3.23. The van der Waals surface area contributed by atoms with E-state index in [2.05, 4.69) is 10.3 Å². The first kappa shape index (κ1) is 13.8. The lowest BCUT2D eigenvalue weighted by molar-refractivity contribution is 0.0351. The van der Waals surface area contributed by atoms with Gasteiger partial charge in [0.1, 0.15) is 5.82 Å². The Kier molecular flexibility index (Phi) is 4.74. The van der Waals surface area contributed by atoms with E-state index in [0.29, 0.717) is 11.4 Å². The molecule has 1 saturated heterocycles. The first-order chi connectivity index (χ1) is 9.26. The minimum absolute atomic E-state index is 0.0543. The van der Waals surface area contributed by atoms with E-state index in [1.165, 1.54) is 0 Å². The van der Waals surface area contributed by atoms with Gasteiger partial charge in [-0.1, -0.05) is 0 Å². The molecular weight excluding hydrogens is 242 g/mol. The standard InChI is InChI=1S/C14H21N3O2/c1-3-15-13-12(5-4-8-16-13)14(18)17-9-6-11(19-2)7-10-17/h4-5,8,11H,3,6-7,9-10H2,1-2H3,(H,15,16). The number of pyridine rings is 1. The van der Waals surface area contributed by atoms with E-state index in [1.54, 1.807) is 19.4 Å². The van der Waals surface area contributed by atoms with E-state index in [9.17, 15) is 4.79 Å². The summed E-state index contributed by atoms with van der Waals surface area (Å²) in [4.78, 5) is 18.6. The molecule has 2 heterocycles. The average Bonchev–Trinajstić information content (AvgIpc) is 2.47. The zero-order chi connectivity index (χ0) is 13.7. The smallest absolute Gasteiger partial charge is 0.257 e. The molecule has 0 saturated carbocycles. The molecule has 1 amide bonds. The molecule has 19 heavy (non-hydrogen) atoms. The monoisotopic (exact) mass is 263 g/mol. The summed E-state index contributed by atoms with van der Waals surface area (Å²) in [6.45, 7) is 4.24. The number of amides is 1. The largest absolute Gasteiger partial charge is 0.381 e. The number of hydrogen-bond acceptors (Lipinski definition) is 4. The number of ether oxygens (including phenoxy) is 1. The fourth-order valence-electron chi connectivity index (χ4n) is 2.35. The highest BCUT2D eigenvalue weighted by atomic mass is 16.5. The van der Waals surface area contributed by atoms with Crippen LogP contribution in [0.25, 0.3) is 0 Å². The van der Waals surface area contributed by atoms with Crippen LogP contribution in [0.2, 0.25) is 0 Å². The maximum atomic E-state index is 12.5. The molecule has 0 aromatic carbocycles. The van der Waals surface area contributed by atoms with E-state index < -0.39 is 0 Å². The van der Waals surface area contributed by atoms with Crippen molar-refractivity contribution in [1.29, 1.82) is 0 Å². The molecule has 1 aromatic heterocycles. The zero-order valence-corrected chi connectivity index (χ0v) is 11.6. The van der Waals surface area contributed by atoms with E-state index in [1.807, 2.05) is 17.9 Å². The molecular formula is C14H21N3O2. The summed E-state index contributed by atoms with van der Waals surface area (Å²) in [6, 6.07) is 3.63. The van der Waals surface area contributed by atoms with Crippen LogP contribution in [0.15, 0.2) is 18.3 Å². The highest BCUT2D eigenvalue weighted by molar-refractivity contribution is 5.98. The van der Waals surface area contributed by atoms with Gasteiger partial charge in [-0.3, -0.25) is 4.79 Å². The molecule has 0 spiro atoms. The summed E-state index contributed by atoms with van der Waals surface area (Å²) < 4.78 is 5.32. The topological polar surface area (TPSA) is 54.5 Å². The van der Waals surface area contributed by atoms with Gasteiger partial charge < -0.3 is 15.0 Å². The molecule has 104 valence electrons. The van der Waals surface area contributed by atoms with Crippen molar-refractivity contribution in [1.82, 2.24) is 9.88 Å². The average molecular weight is 263 g/mol. The first-order valence-corrected chi connectivity index (χ1v) is 6.77. The fourth-order valence-corrected chi connectivity index (χ4v) is 2.35. The second-order valence-electron chi connectivity index (χ2n) is 4.66. The number of carbonyl (C=O) groups is 1. The van der Waals surface area contributed by atoms with Gasteiger partial charge in [0.05, 0.1) is 11.7 Å². The predicted octanol–water partition coefficient (Wildman–Crippen LogP) is 1.76. The molecule has 5 nitrogen and oxygen atoms in total. The number of anilines is 1. The molecule has 0 unspecified atom stereocenters. The molecule has 1 aliphatic heterocycles. The van der Waals surface area contributed by atoms with Gasteiger partial charge in [0.2, 0.25) is 0 Å². The van der Waals surface area contributed by atoms with Crippen LogP contribution in [0, 0.1) is 0 Å². The van der Waals surface area contributed by atoms with Crippen molar-refractivity contribution in [3.8, 4) is 0 Å². The summed E-state index contributed by atoms with van der Waals surface area (Å²) in [5, 5.41) is 3.13. The van der Waals surface area contributed by atoms with Crippen molar-refractivity contribution < 1.29 is 9.53 Å². The van der Waals surface area contributed by atoms with Gasteiger partial charge in [-0.15, -0.1) is 0 Å². The van der Waals surface area contributed by atoms with Crippen molar-refractivity contribution in [2.75, 3.05) is 32.1 Å². The Bertz CT molecular complexity index is 428. The quantitative estimate of drug-likeness (QED) is 0.899. The van der Waals surface area contributed by atoms with Crippen LogP contribution >= 0.6 is 0 Å². The number of nitrogens with zero attached hydrogens (tertiary/aromatic N) is 2. The van der Waals surface area contributed by atoms with Crippen molar-refractivity contribution in [2.45, 2.75) is 25.9 Å². The number of likely N-dealkylation sites (tertiary alicyclic amines) is 1. The van der Waals surface area contributed by atoms with Gasteiger partial charge in [-0.05, 0) is 31.9 Å². The van der Waals surface area contributed by atoms with Gasteiger partial charge in [0.15, 0.2) is 0 Å². The van der Waals surface area contributed by atoms with E-state index >= 15 is 0 Å². The summed E-state index contributed by atoms with van der Waals surface area (Å²) in [5.74, 6) is 0.725. The fraction of sp³-hybridized carbons (Fsp3) is 0.571. The van der Waals surface area contributed by atoms with Crippen molar-refractivity contribution in [2.24, 2.45) is 0 Å². The number of hydrogen-bond donors (Lipinski definition) is 1. The molecule has 1 fully saturated rings. The number of piperidine rings is 1. The van der Waals surface area contributed by atoms with Crippen LogP contribution in [-0.4, -0.2) is 48.6 Å². The lowest BCUT2D eigenvalue weighted by Crippen LogP contribution is -2.40. The maximum Gasteiger partial charge on any atom is 0.257 e. The lowest BCUT2D eigenvalue weighted by Gasteiger charge is -2.31. The number of rotatable bonds is 4. The molecule has 1 aromatic rings. The Morgan fingerprint density at radius 3 is 2.89 bits per heavy atom. The van der Waals surface area contributed by atoms with Crippen LogP contribution in [0.5, 0.6) is 0 Å². The van der Waals surface area contributed by atoms with Crippen molar-refractivity contribution in [3.05, 3.63) is 23.9 Å². The summed E-state index contributed by atoms with van der Waals surface area (Å²) in [6.07, 6.45) is 3.79. The van der Waals surface area contributed by atoms with Gasteiger partial charge in [0.25, 0.3) is 5.91 Å². The van der Waals surface area contributed by atoms with Crippen LogP contribution in [0.4, 0.5) is 5.82 Å². The Balaban J connectivity index is 2.07. The van der Waals surface area contributed by atoms with Gasteiger partial charge in [-0.2, -0.15) is 0 Å². The maximum absolute atomic E-state index is 12.5. The van der Waals surface area contributed by atoms with Gasteiger partial charge in [0, 0.05) is 32.9 Å². The lowest BCUT2D eigenvalue weighted by atomic mass is 10.1. The Morgan fingerprint density at radius 2 is 2.26 bits per heavy atom. The van der Waals surface area contributed by atoms with Gasteiger partial charge in [-0.25, -0.2) is 4.98 Å². The predicted molar refractivity (Wildman–Crippen MR) is 74.3 cm³/mol. The molecule has 2 rings (SSSR count). The number of aromatic nitrogens is 1. The molecule has 1 aliphatic rings. The first-order valence-electron chi connectivity index (χ1n) is 6.77. The summed E-state index contributed by atoms with van der Waals surface area (Å²) in [7, 11) is 1.73. The minimum atomic E-state index is 0.0543. The van der Waals surface area contributed by atoms with Crippen LogP contribution in [0.3, 0.4) is 0 Å². The molecule has 0 atom stereocenters. The highest BCUT2D eigenvalue weighted by Gasteiger charge is 2.25. The summed E-state index contributed by atoms with van der Waals surface area (Å²) in [5.41, 5.74) is 0.653. The van der Waals surface area contributed by atoms with Crippen molar-refractivity contribution in [3.63, 3.8) is 0 Å². The third-order valence-corrected chi connectivity index (χ3v) is 3.44.